The molecule has 0 aliphatic carbocycles. The Balaban J connectivity index is 1.90. The van der Waals surface area contributed by atoms with Gasteiger partial charge in [-0.05, 0) is 72.8 Å². The number of carbonyl (C=O) groups excluding carboxylic acids is 3. The molecule has 0 radical (unpaired) electrons. The molecule has 0 saturated carbocycles. The number of esters is 2. The summed E-state index contributed by atoms with van der Waals surface area (Å²) < 4.78 is 10.3. The summed E-state index contributed by atoms with van der Waals surface area (Å²) >= 11 is 17.5. The van der Waals surface area contributed by atoms with E-state index in [1.807, 2.05) is 0 Å². The van der Waals surface area contributed by atoms with Crippen LogP contribution in [-0.2, 0) is 19.1 Å². The number of benzene rings is 3. The van der Waals surface area contributed by atoms with E-state index in [2.05, 4.69) is 5.32 Å². The van der Waals surface area contributed by atoms with Crippen LogP contribution in [0, 0.1) is 0 Å². The maximum Gasteiger partial charge on any atom is 0.349 e. The highest BCUT2D eigenvalue weighted by atomic mass is 35.5. The number of amides is 1. The molecule has 11 heteroatoms. The van der Waals surface area contributed by atoms with Crippen LogP contribution in [0.1, 0.15) is 20.7 Å². The van der Waals surface area contributed by atoms with Crippen LogP contribution in [0.2, 0.25) is 15.1 Å². The summed E-state index contributed by atoms with van der Waals surface area (Å²) in [4.78, 5) is 50.3. The second-order valence-electron chi connectivity index (χ2n) is 7.00. The van der Waals surface area contributed by atoms with E-state index in [-0.39, 0.29) is 16.8 Å². The molecule has 0 spiro atoms. The average molecular weight is 537 g/mol. The van der Waals surface area contributed by atoms with E-state index < -0.39 is 36.0 Å². The van der Waals surface area contributed by atoms with Crippen LogP contribution in [-0.4, -0.2) is 41.1 Å². The molecule has 8 nitrogen and oxygen atoms in total. The summed E-state index contributed by atoms with van der Waals surface area (Å²) in [6, 6.07) is 16.8. The number of carbonyl (C=O) groups is 4. The monoisotopic (exact) mass is 535 g/mol. The zero-order valence-electron chi connectivity index (χ0n) is 17.6. The van der Waals surface area contributed by atoms with Gasteiger partial charge < -0.3 is 19.9 Å². The van der Waals surface area contributed by atoms with Gasteiger partial charge in [-0.3, -0.25) is 4.79 Å². The summed E-state index contributed by atoms with van der Waals surface area (Å²) in [5, 5.41) is 13.3. The predicted octanol–water partition coefficient (Wildman–Crippen LogP) is 5.12. The third kappa shape index (κ3) is 7.19. The van der Waals surface area contributed by atoms with Crippen molar-refractivity contribution in [1.29, 1.82) is 0 Å². The minimum atomic E-state index is -2.18. The normalized spacial score (nSPS) is 12.2. The first-order valence-electron chi connectivity index (χ1n) is 9.86. The Morgan fingerprint density at radius 3 is 1.40 bits per heavy atom. The van der Waals surface area contributed by atoms with Gasteiger partial charge in [-0.1, -0.05) is 34.8 Å². The van der Waals surface area contributed by atoms with Gasteiger partial charge in [0.25, 0.3) is 5.91 Å². The highest BCUT2D eigenvalue weighted by Gasteiger charge is 2.41. The Morgan fingerprint density at radius 2 is 1.00 bits per heavy atom. The van der Waals surface area contributed by atoms with Gasteiger partial charge in [0.2, 0.25) is 12.2 Å². The number of ether oxygens (including phenoxy) is 2. The summed E-state index contributed by atoms with van der Waals surface area (Å²) in [5.41, 5.74) is 0.202. The molecular formula is C24H16Cl3NO7. The lowest BCUT2D eigenvalue weighted by atomic mass is 10.1. The average Bonchev–Trinajstić information content (AvgIpc) is 2.83. The van der Waals surface area contributed by atoms with Gasteiger partial charge in [-0.15, -0.1) is 0 Å². The summed E-state index contributed by atoms with van der Waals surface area (Å²) in [6.45, 7) is 0. The number of hydrogen-bond acceptors (Lipinski definition) is 6. The number of hydrogen-bond donors (Lipinski definition) is 2. The lowest BCUT2D eigenvalue weighted by Crippen LogP contribution is -2.48. The Bertz CT molecular complexity index is 1230. The Labute approximate surface area is 214 Å². The molecule has 0 fully saturated rings. The first-order chi connectivity index (χ1) is 16.6. The lowest BCUT2D eigenvalue weighted by molar-refractivity contribution is -0.157. The lowest BCUT2D eigenvalue weighted by Gasteiger charge is -2.23. The largest absolute Gasteiger partial charge is 0.478 e. The molecule has 2 atom stereocenters. The smallest absolute Gasteiger partial charge is 0.349 e. The summed E-state index contributed by atoms with van der Waals surface area (Å²) in [7, 11) is 0. The molecule has 0 aromatic heterocycles. The van der Waals surface area contributed by atoms with E-state index in [4.69, 9.17) is 44.3 Å². The van der Waals surface area contributed by atoms with Gasteiger partial charge in [0.1, 0.15) is 0 Å². The third-order valence-electron chi connectivity index (χ3n) is 4.52. The van der Waals surface area contributed by atoms with Crippen molar-refractivity contribution in [3.05, 3.63) is 99.0 Å². The van der Waals surface area contributed by atoms with Crippen LogP contribution < -0.4 is 5.32 Å². The molecule has 35 heavy (non-hydrogen) atoms. The van der Waals surface area contributed by atoms with Gasteiger partial charge in [0, 0.05) is 20.8 Å². The number of carboxylic acids is 1. The highest BCUT2D eigenvalue weighted by molar-refractivity contribution is 6.31. The van der Waals surface area contributed by atoms with E-state index >= 15 is 0 Å². The van der Waals surface area contributed by atoms with Crippen molar-refractivity contribution in [2.24, 2.45) is 0 Å². The predicted molar refractivity (Wildman–Crippen MR) is 129 cm³/mol. The number of carboxylic acid groups (broad SMARTS) is 1. The fraction of sp³-hybridized carbons (Fsp3) is 0.0833. The standard InChI is InChI=1S/C24H16Cl3NO7/c25-15-5-1-13(2-6-15)23(32)34-19(21(29)28-18-11-9-17(27)10-12-18)20(22(30)31)35-24(33)14-3-7-16(26)8-4-14/h1-12,19-20H,(H,28,29)(H,30,31)/t19-,20+/m0/s1. The Hall–Kier alpha value is -3.59. The van der Waals surface area contributed by atoms with Crippen LogP contribution in [0.15, 0.2) is 72.8 Å². The molecule has 0 saturated heterocycles. The maximum atomic E-state index is 13.0. The van der Waals surface area contributed by atoms with Crippen LogP contribution in [0.25, 0.3) is 0 Å². The van der Waals surface area contributed by atoms with Crippen molar-refractivity contribution in [2.45, 2.75) is 12.2 Å². The summed E-state index contributed by atoms with van der Waals surface area (Å²) in [6.07, 6.45) is -4.23. The first kappa shape index (κ1) is 26.0. The summed E-state index contributed by atoms with van der Waals surface area (Å²) in [5.74, 6) is -4.87. The molecule has 1 amide bonds. The molecule has 0 heterocycles. The molecule has 3 aromatic carbocycles. The van der Waals surface area contributed by atoms with Gasteiger partial charge in [-0.25, -0.2) is 14.4 Å². The molecule has 180 valence electrons. The van der Waals surface area contributed by atoms with Crippen LogP contribution in [0.4, 0.5) is 5.69 Å². The van der Waals surface area contributed by atoms with Crippen LogP contribution >= 0.6 is 34.8 Å². The minimum absolute atomic E-state index is 0.00754. The van der Waals surface area contributed by atoms with Crippen molar-refractivity contribution in [3.63, 3.8) is 0 Å². The zero-order valence-corrected chi connectivity index (χ0v) is 19.9. The minimum Gasteiger partial charge on any atom is -0.478 e. The van der Waals surface area contributed by atoms with Crippen molar-refractivity contribution in [1.82, 2.24) is 0 Å². The second kappa shape index (κ2) is 11.7. The van der Waals surface area contributed by atoms with Gasteiger partial charge in [-0.2, -0.15) is 0 Å². The first-order valence-corrected chi connectivity index (χ1v) is 11.0. The topological polar surface area (TPSA) is 119 Å². The number of aliphatic carboxylic acids is 1. The molecule has 0 aliphatic rings. The van der Waals surface area contributed by atoms with E-state index in [0.29, 0.717) is 15.1 Å². The zero-order chi connectivity index (χ0) is 25.5. The number of halogens is 3. The van der Waals surface area contributed by atoms with Crippen molar-refractivity contribution >= 4 is 64.3 Å². The molecule has 2 N–H and O–H groups in total. The van der Waals surface area contributed by atoms with E-state index in [9.17, 15) is 24.3 Å². The van der Waals surface area contributed by atoms with E-state index in [1.165, 1.54) is 72.8 Å². The number of anilines is 1. The highest BCUT2D eigenvalue weighted by Crippen LogP contribution is 2.19. The molecule has 3 rings (SSSR count). The van der Waals surface area contributed by atoms with Crippen molar-refractivity contribution in [2.75, 3.05) is 5.32 Å². The fourth-order valence-corrected chi connectivity index (χ4v) is 3.16. The second-order valence-corrected chi connectivity index (χ2v) is 8.31. The molecule has 0 bridgehead atoms. The number of rotatable bonds is 8. The van der Waals surface area contributed by atoms with Gasteiger partial charge >= 0.3 is 17.9 Å². The SMILES string of the molecule is O=C(O[C@H](C(=O)Nc1ccc(Cl)cc1)[C@@H](OC(=O)c1ccc(Cl)cc1)C(=O)O)c1ccc(Cl)cc1. The van der Waals surface area contributed by atoms with E-state index in [0.717, 1.165) is 0 Å². The van der Waals surface area contributed by atoms with Gasteiger partial charge in [0.05, 0.1) is 11.1 Å². The molecule has 0 unspecified atom stereocenters. The third-order valence-corrected chi connectivity index (χ3v) is 5.27. The quantitative estimate of drug-likeness (QED) is 0.383. The van der Waals surface area contributed by atoms with Crippen molar-refractivity contribution in [3.8, 4) is 0 Å². The van der Waals surface area contributed by atoms with E-state index in [1.54, 1.807) is 0 Å². The van der Waals surface area contributed by atoms with Crippen LogP contribution in [0.5, 0.6) is 0 Å². The molecule has 3 aromatic rings. The molecular weight excluding hydrogens is 521 g/mol. The Kier molecular flexibility index (Phi) is 8.70. The maximum absolute atomic E-state index is 13.0. The van der Waals surface area contributed by atoms with Gasteiger partial charge in [0.15, 0.2) is 0 Å². The van der Waals surface area contributed by atoms with Crippen LogP contribution in [0.3, 0.4) is 0 Å². The Morgan fingerprint density at radius 1 is 0.629 bits per heavy atom. The number of nitrogens with one attached hydrogen (secondary N) is 1. The molecule has 0 aliphatic heterocycles. The fourth-order valence-electron chi connectivity index (χ4n) is 2.78. The van der Waals surface area contributed by atoms with Crippen molar-refractivity contribution < 1.29 is 33.8 Å².